The van der Waals surface area contributed by atoms with Gasteiger partial charge in [-0.3, -0.25) is 4.90 Å². The summed E-state index contributed by atoms with van der Waals surface area (Å²) in [6.45, 7) is 9.06. The van der Waals surface area contributed by atoms with Crippen LogP contribution in [0.25, 0.3) is 0 Å². The van der Waals surface area contributed by atoms with Gasteiger partial charge in [0.2, 0.25) is 0 Å². The summed E-state index contributed by atoms with van der Waals surface area (Å²) in [5.41, 5.74) is 0. The molecule has 1 aromatic rings. The molecule has 0 aliphatic carbocycles. The first-order valence-electron chi connectivity index (χ1n) is 6.86. The third-order valence-electron chi connectivity index (χ3n) is 3.56. The van der Waals surface area contributed by atoms with E-state index in [9.17, 15) is 0 Å². The first kappa shape index (κ1) is 14.3. The predicted octanol–water partition coefficient (Wildman–Crippen LogP) is 3.78. The van der Waals surface area contributed by atoms with Crippen LogP contribution in [0, 0.1) is 5.92 Å². The molecule has 1 aliphatic heterocycles. The number of rotatable bonds is 5. The van der Waals surface area contributed by atoms with Crippen LogP contribution in [0.4, 0.5) is 0 Å². The van der Waals surface area contributed by atoms with Crippen molar-refractivity contribution in [3.05, 3.63) is 21.3 Å². The minimum absolute atomic E-state index is 0.516. The summed E-state index contributed by atoms with van der Waals surface area (Å²) in [5.74, 6) is 0.758. The molecule has 0 spiro atoms. The number of hydrogen-bond acceptors (Lipinski definition) is 3. The molecule has 1 atom stereocenters. The second kappa shape index (κ2) is 6.90. The topological polar surface area (TPSA) is 15.3 Å². The quantitative estimate of drug-likeness (QED) is 0.886. The van der Waals surface area contributed by atoms with Crippen LogP contribution in [0.2, 0.25) is 5.02 Å². The maximum absolute atomic E-state index is 6.34. The maximum atomic E-state index is 6.34. The van der Waals surface area contributed by atoms with Crippen molar-refractivity contribution in [1.82, 2.24) is 10.2 Å². The minimum Gasteiger partial charge on any atom is -0.314 e. The Morgan fingerprint density at radius 2 is 2.06 bits per heavy atom. The Balaban J connectivity index is 2.09. The standard InChI is InChI=1S/C14H23ClN2S/c1-11(2)3-4-13(14-12(15)5-10-18-14)17-8-6-16-7-9-17/h5,10-11,13,16H,3-4,6-9H2,1-2H3/t13-/m0/s1. The Morgan fingerprint density at radius 3 is 2.61 bits per heavy atom. The Kier molecular flexibility index (Phi) is 5.49. The van der Waals surface area contributed by atoms with Gasteiger partial charge in [0.05, 0.1) is 5.02 Å². The fraction of sp³-hybridized carbons (Fsp3) is 0.714. The number of nitrogens with one attached hydrogen (secondary N) is 1. The molecule has 1 aliphatic rings. The minimum atomic E-state index is 0.516. The van der Waals surface area contributed by atoms with Crippen LogP contribution < -0.4 is 5.32 Å². The monoisotopic (exact) mass is 286 g/mol. The average molecular weight is 287 g/mol. The summed E-state index contributed by atoms with van der Waals surface area (Å²) < 4.78 is 0. The van der Waals surface area contributed by atoms with E-state index in [1.807, 2.05) is 17.4 Å². The third kappa shape index (κ3) is 3.70. The maximum Gasteiger partial charge on any atom is 0.0561 e. The molecule has 0 radical (unpaired) electrons. The van der Waals surface area contributed by atoms with Crippen LogP contribution in [0.1, 0.15) is 37.6 Å². The van der Waals surface area contributed by atoms with Crippen LogP contribution in [-0.2, 0) is 0 Å². The normalized spacial score (nSPS) is 19.3. The second-order valence-corrected chi connectivity index (χ2v) is 6.76. The molecule has 1 saturated heterocycles. The average Bonchev–Trinajstić information content (AvgIpc) is 2.77. The van der Waals surface area contributed by atoms with E-state index in [4.69, 9.17) is 11.6 Å². The molecule has 0 unspecified atom stereocenters. The van der Waals surface area contributed by atoms with E-state index in [1.54, 1.807) is 0 Å². The van der Waals surface area contributed by atoms with Gasteiger partial charge >= 0.3 is 0 Å². The molecule has 1 N–H and O–H groups in total. The summed E-state index contributed by atoms with van der Waals surface area (Å²) in [4.78, 5) is 3.95. The number of piperazine rings is 1. The van der Waals surface area contributed by atoms with E-state index in [1.165, 1.54) is 17.7 Å². The Morgan fingerprint density at radius 1 is 1.33 bits per heavy atom. The van der Waals surface area contributed by atoms with Crippen molar-refractivity contribution in [2.75, 3.05) is 26.2 Å². The summed E-state index contributed by atoms with van der Waals surface area (Å²) in [5, 5.41) is 6.49. The van der Waals surface area contributed by atoms with E-state index < -0.39 is 0 Å². The van der Waals surface area contributed by atoms with Crippen molar-refractivity contribution in [2.45, 2.75) is 32.7 Å². The summed E-state index contributed by atoms with van der Waals surface area (Å²) >= 11 is 8.15. The van der Waals surface area contributed by atoms with Crippen LogP contribution >= 0.6 is 22.9 Å². The molecule has 0 aromatic carbocycles. The van der Waals surface area contributed by atoms with Crippen LogP contribution in [0.5, 0.6) is 0 Å². The van der Waals surface area contributed by atoms with Gasteiger partial charge < -0.3 is 5.32 Å². The fourth-order valence-electron chi connectivity index (χ4n) is 2.51. The molecule has 1 fully saturated rings. The van der Waals surface area contributed by atoms with Crippen molar-refractivity contribution >= 4 is 22.9 Å². The highest BCUT2D eigenvalue weighted by Crippen LogP contribution is 2.36. The van der Waals surface area contributed by atoms with Crippen LogP contribution in [0.15, 0.2) is 11.4 Å². The van der Waals surface area contributed by atoms with Crippen LogP contribution in [-0.4, -0.2) is 31.1 Å². The van der Waals surface area contributed by atoms with Crippen molar-refractivity contribution in [3.8, 4) is 0 Å². The highest BCUT2D eigenvalue weighted by Gasteiger charge is 2.24. The van der Waals surface area contributed by atoms with Gasteiger partial charge in [-0.15, -0.1) is 11.3 Å². The number of hydrogen-bond donors (Lipinski definition) is 1. The van der Waals surface area contributed by atoms with E-state index in [0.717, 1.165) is 37.1 Å². The van der Waals surface area contributed by atoms with Gasteiger partial charge in [0.1, 0.15) is 0 Å². The highest BCUT2D eigenvalue weighted by atomic mass is 35.5. The van der Waals surface area contributed by atoms with Crippen molar-refractivity contribution < 1.29 is 0 Å². The summed E-state index contributed by atoms with van der Waals surface area (Å²) in [6.07, 6.45) is 2.49. The molecule has 2 nitrogen and oxygen atoms in total. The molecule has 2 rings (SSSR count). The van der Waals surface area contributed by atoms with Gasteiger partial charge in [-0.25, -0.2) is 0 Å². The first-order valence-corrected chi connectivity index (χ1v) is 8.12. The zero-order valence-electron chi connectivity index (χ0n) is 11.3. The highest BCUT2D eigenvalue weighted by molar-refractivity contribution is 7.10. The Bertz CT molecular complexity index is 358. The van der Waals surface area contributed by atoms with Crippen molar-refractivity contribution in [1.29, 1.82) is 0 Å². The van der Waals surface area contributed by atoms with Gasteiger partial charge in [-0.2, -0.15) is 0 Å². The van der Waals surface area contributed by atoms with E-state index in [0.29, 0.717) is 6.04 Å². The zero-order valence-corrected chi connectivity index (χ0v) is 12.9. The molecule has 18 heavy (non-hydrogen) atoms. The molecule has 102 valence electrons. The van der Waals surface area contributed by atoms with E-state index in [-0.39, 0.29) is 0 Å². The van der Waals surface area contributed by atoms with Gasteiger partial charge in [0.25, 0.3) is 0 Å². The lowest BCUT2D eigenvalue weighted by atomic mass is 10.0. The Hall–Kier alpha value is -0.0900. The van der Waals surface area contributed by atoms with E-state index in [2.05, 4.69) is 29.4 Å². The molecular weight excluding hydrogens is 264 g/mol. The molecular formula is C14H23ClN2S. The largest absolute Gasteiger partial charge is 0.314 e. The Labute approximate surface area is 119 Å². The van der Waals surface area contributed by atoms with Crippen molar-refractivity contribution in [3.63, 3.8) is 0 Å². The molecule has 0 amide bonds. The van der Waals surface area contributed by atoms with Crippen LogP contribution in [0.3, 0.4) is 0 Å². The number of nitrogens with zero attached hydrogens (tertiary/aromatic N) is 1. The molecule has 2 heterocycles. The van der Waals surface area contributed by atoms with Crippen molar-refractivity contribution in [2.24, 2.45) is 5.92 Å². The lowest BCUT2D eigenvalue weighted by molar-refractivity contribution is 0.162. The molecule has 4 heteroatoms. The summed E-state index contributed by atoms with van der Waals surface area (Å²) in [6, 6.07) is 2.55. The molecule has 1 aromatic heterocycles. The molecule has 0 bridgehead atoms. The SMILES string of the molecule is CC(C)CC[C@@H](c1sccc1Cl)N1CCNCC1. The lowest BCUT2D eigenvalue weighted by Crippen LogP contribution is -2.45. The fourth-order valence-corrected chi connectivity index (χ4v) is 3.86. The smallest absolute Gasteiger partial charge is 0.0561 e. The third-order valence-corrected chi connectivity index (χ3v) is 5.02. The zero-order chi connectivity index (χ0) is 13.0. The van der Waals surface area contributed by atoms with Gasteiger partial charge in [0.15, 0.2) is 0 Å². The lowest BCUT2D eigenvalue weighted by Gasteiger charge is -2.35. The molecule has 0 saturated carbocycles. The van der Waals surface area contributed by atoms with Gasteiger partial charge in [-0.05, 0) is 30.2 Å². The van der Waals surface area contributed by atoms with Gasteiger partial charge in [0, 0.05) is 37.1 Å². The first-order chi connectivity index (χ1) is 8.68. The van der Waals surface area contributed by atoms with E-state index >= 15 is 0 Å². The number of thiophene rings is 1. The second-order valence-electron chi connectivity index (χ2n) is 5.41. The predicted molar refractivity (Wildman–Crippen MR) is 80.6 cm³/mol. The van der Waals surface area contributed by atoms with Gasteiger partial charge in [-0.1, -0.05) is 25.4 Å². The number of halogens is 1. The summed E-state index contributed by atoms with van der Waals surface area (Å²) in [7, 11) is 0.